The zero-order valence-corrected chi connectivity index (χ0v) is 13.9. The molecule has 0 saturated heterocycles. The summed E-state index contributed by atoms with van der Waals surface area (Å²) in [4.78, 5) is 35.3. The fraction of sp³-hybridized carbons (Fsp3) is 0.500. The first-order chi connectivity index (χ1) is 11.5. The summed E-state index contributed by atoms with van der Waals surface area (Å²) in [7, 11) is 0. The van der Waals surface area contributed by atoms with Crippen molar-refractivity contribution in [3.05, 3.63) is 35.4 Å². The Bertz CT molecular complexity index is 609. The Labute approximate surface area is 141 Å². The molecule has 1 atom stereocenters. The molecular formula is C18H24N2O4. The highest BCUT2D eigenvalue weighted by molar-refractivity contribution is 5.94. The molecule has 1 aromatic rings. The highest BCUT2D eigenvalue weighted by Crippen LogP contribution is 2.24. The van der Waals surface area contributed by atoms with Crippen molar-refractivity contribution < 1.29 is 19.1 Å². The summed E-state index contributed by atoms with van der Waals surface area (Å²) < 4.78 is 5.20. The Morgan fingerprint density at radius 3 is 2.58 bits per heavy atom. The third kappa shape index (κ3) is 5.08. The van der Waals surface area contributed by atoms with Crippen molar-refractivity contribution in [1.29, 1.82) is 0 Å². The number of amides is 2. The number of hydrogen-bond donors (Lipinski definition) is 2. The summed E-state index contributed by atoms with van der Waals surface area (Å²) in [5.41, 5.74) is 6.20. The lowest BCUT2D eigenvalue weighted by atomic mass is 10.1. The number of benzene rings is 1. The van der Waals surface area contributed by atoms with Gasteiger partial charge in [-0.2, -0.15) is 0 Å². The molecule has 1 aromatic carbocycles. The number of nitrogens with two attached hydrogens (primary N) is 1. The molecule has 0 aromatic heterocycles. The molecule has 0 heterocycles. The van der Waals surface area contributed by atoms with Gasteiger partial charge in [0, 0.05) is 23.1 Å². The zero-order chi connectivity index (χ0) is 17.5. The molecule has 0 aliphatic heterocycles. The summed E-state index contributed by atoms with van der Waals surface area (Å²) in [6.07, 6.45) is 4.12. The second-order valence-corrected chi connectivity index (χ2v) is 6.28. The maximum absolute atomic E-state index is 12.0. The van der Waals surface area contributed by atoms with Gasteiger partial charge in [0.2, 0.25) is 11.8 Å². The van der Waals surface area contributed by atoms with E-state index < -0.39 is 11.9 Å². The average Bonchev–Trinajstić information content (AvgIpc) is 3.07. The van der Waals surface area contributed by atoms with Crippen molar-refractivity contribution in [2.45, 2.75) is 51.7 Å². The quantitative estimate of drug-likeness (QED) is 0.745. The predicted octanol–water partition coefficient (Wildman–Crippen LogP) is 1.91. The Morgan fingerprint density at radius 2 is 1.92 bits per heavy atom. The van der Waals surface area contributed by atoms with Crippen LogP contribution in [0.3, 0.4) is 0 Å². The number of carbonyl (C=O) groups excluding carboxylic acids is 3. The minimum Gasteiger partial charge on any atom is -0.461 e. The summed E-state index contributed by atoms with van der Waals surface area (Å²) in [5.74, 6) is -0.884. The first kappa shape index (κ1) is 18.0. The van der Waals surface area contributed by atoms with E-state index >= 15 is 0 Å². The number of rotatable bonds is 7. The van der Waals surface area contributed by atoms with E-state index in [2.05, 4.69) is 5.32 Å². The van der Waals surface area contributed by atoms with E-state index in [-0.39, 0.29) is 30.9 Å². The highest BCUT2D eigenvalue weighted by atomic mass is 16.5. The van der Waals surface area contributed by atoms with Gasteiger partial charge < -0.3 is 15.8 Å². The van der Waals surface area contributed by atoms with Crippen LogP contribution in [0.4, 0.5) is 0 Å². The van der Waals surface area contributed by atoms with Crippen molar-refractivity contribution in [3.8, 4) is 0 Å². The lowest BCUT2D eigenvalue weighted by Crippen LogP contribution is -2.37. The van der Waals surface area contributed by atoms with Gasteiger partial charge in [-0.15, -0.1) is 0 Å². The van der Waals surface area contributed by atoms with E-state index in [0.29, 0.717) is 11.1 Å². The van der Waals surface area contributed by atoms with Gasteiger partial charge in [-0.3, -0.25) is 14.4 Å². The van der Waals surface area contributed by atoms with E-state index in [1.807, 2.05) is 0 Å². The summed E-state index contributed by atoms with van der Waals surface area (Å²) in [6.45, 7) is 1.77. The smallest absolute Gasteiger partial charge is 0.308 e. The molecule has 1 unspecified atom stereocenters. The molecule has 0 radical (unpaired) electrons. The van der Waals surface area contributed by atoms with Gasteiger partial charge in [0.25, 0.3) is 0 Å². The third-order valence-corrected chi connectivity index (χ3v) is 4.26. The molecule has 0 spiro atoms. The monoisotopic (exact) mass is 332 g/mol. The minimum atomic E-state index is -0.557. The molecule has 130 valence electrons. The average molecular weight is 332 g/mol. The molecule has 2 rings (SSSR count). The number of carbonyl (C=O) groups is 3. The van der Waals surface area contributed by atoms with Crippen molar-refractivity contribution in [3.63, 3.8) is 0 Å². The highest BCUT2D eigenvalue weighted by Gasteiger charge is 2.24. The lowest BCUT2D eigenvalue weighted by Gasteiger charge is -2.16. The molecule has 6 heteroatoms. The van der Waals surface area contributed by atoms with Crippen LogP contribution in [-0.4, -0.2) is 23.8 Å². The molecular weight excluding hydrogens is 308 g/mol. The molecule has 1 fully saturated rings. The molecule has 0 bridgehead atoms. The Morgan fingerprint density at radius 1 is 1.25 bits per heavy atom. The van der Waals surface area contributed by atoms with Gasteiger partial charge in [0.15, 0.2) is 0 Å². The summed E-state index contributed by atoms with van der Waals surface area (Å²) in [6, 6.07) is 6.46. The van der Waals surface area contributed by atoms with E-state index in [0.717, 1.165) is 25.7 Å². The molecule has 1 saturated carbocycles. The van der Waals surface area contributed by atoms with Crippen LogP contribution in [0.1, 0.15) is 54.9 Å². The van der Waals surface area contributed by atoms with E-state index in [1.54, 1.807) is 31.2 Å². The fourth-order valence-corrected chi connectivity index (χ4v) is 2.95. The van der Waals surface area contributed by atoms with Gasteiger partial charge in [0.05, 0.1) is 6.42 Å². The van der Waals surface area contributed by atoms with Crippen LogP contribution in [0, 0.1) is 5.92 Å². The maximum Gasteiger partial charge on any atom is 0.308 e. The van der Waals surface area contributed by atoms with Gasteiger partial charge in [-0.25, -0.2) is 0 Å². The SMILES string of the molecule is CC(CC(=O)OCc1ccccc1C(N)=O)NC(=O)C1CCCC1. The van der Waals surface area contributed by atoms with Crippen LogP contribution in [-0.2, 0) is 20.9 Å². The number of esters is 1. The molecule has 1 aliphatic rings. The normalized spacial score (nSPS) is 15.7. The standard InChI is InChI=1S/C18H24N2O4/c1-12(20-18(23)13-6-2-3-7-13)10-16(21)24-11-14-8-4-5-9-15(14)17(19)22/h4-5,8-9,12-13H,2-3,6-7,10-11H2,1H3,(H2,19,22)(H,20,23). The molecule has 6 nitrogen and oxygen atoms in total. The molecule has 3 N–H and O–H groups in total. The fourth-order valence-electron chi connectivity index (χ4n) is 2.95. The molecule has 2 amide bonds. The maximum atomic E-state index is 12.0. The number of primary amides is 1. The van der Waals surface area contributed by atoms with E-state index in [9.17, 15) is 14.4 Å². The lowest BCUT2D eigenvalue weighted by molar-refractivity contribution is -0.145. The van der Waals surface area contributed by atoms with Crippen LogP contribution in [0.25, 0.3) is 0 Å². The topological polar surface area (TPSA) is 98.5 Å². The predicted molar refractivity (Wildman–Crippen MR) is 88.9 cm³/mol. The van der Waals surface area contributed by atoms with Gasteiger partial charge in [-0.1, -0.05) is 31.0 Å². The van der Waals surface area contributed by atoms with Gasteiger partial charge in [-0.05, 0) is 25.8 Å². The second kappa shape index (κ2) is 8.47. The number of ether oxygens (including phenoxy) is 1. The van der Waals surface area contributed by atoms with E-state index in [1.165, 1.54) is 0 Å². The largest absolute Gasteiger partial charge is 0.461 e. The van der Waals surface area contributed by atoms with Crippen LogP contribution in [0.2, 0.25) is 0 Å². The Kier molecular flexibility index (Phi) is 6.35. The van der Waals surface area contributed by atoms with Crippen molar-refractivity contribution in [2.24, 2.45) is 11.7 Å². The minimum absolute atomic E-state index is 0.0127. The third-order valence-electron chi connectivity index (χ3n) is 4.26. The zero-order valence-electron chi connectivity index (χ0n) is 13.9. The van der Waals surface area contributed by atoms with Gasteiger partial charge in [0.1, 0.15) is 6.61 Å². The molecule has 24 heavy (non-hydrogen) atoms. The van der Waals surface area contributed by atoms with Crippen molar-refractivity contribution >= 4 is 17.8 Å². The van der Waals surface area contributed by atoms with Crippen molar-refractivity contribution in [2.75, 3.05) is 0 Å². The van der Waals surface area contributed by atoms with Gasteiger partial charge >= 0.3 is 5.97 Å². The van der Waals surface area contributed by atoms with Crippen LogP contribution >= 0.6 is 0 Å². The van der Waals surface area contributed by atoms with E-state index in [4.69, 9.17) is 10.5 Å². The summed E-state index contributed by atoms with van der Waals surface area (Å²) >= 11 is 0. The Hall–Kier alpha value is -2.37. The molecule has 1 aliphatic carbocycles. The summed E-state index contributed by atoms with van der Waals surface area (Å²) in [5, 5.41) is 2.87. The first-order valence-corrected chi connectivity index (χ1v) is 8.31. The van der Waals surface area contributed by atoms with Crippen LogP contribution < -0.4 is 11.1 Å². The van der Waals surface area contributed by atoms with Crippen LogP contribution in [0.5, 0.6) is 0 Å². The Balaban J connectivity index is 1.78. The van der Waals surface area contributed by atoms with Crippen molar-refractivity contribution in [1.82, 2.24) is 5.32 Å². The van der Waals surface area contributed by atoms with Crippen LogP contribution in [0.15, 0.2) is 24.3 Å². The number of hydrogen-bond acceptors (Lipinski definition) is 4. The second-order valence-electron chi connectivity index (χ2n) is 6.28. The first-order valence-electron chi connectivity index (χ1n) is 8.31. The number of nitrogens with one attached hydrogen (secondary N) is 1.